The monoisotopic (exact) mass is 201 g/mol. The number of rotatable bonds is 4. The Bertz CT molecular complexity index is 184. The molecule has 0 saturated carbocycles. The summed E-state index contributed by atoms with van der Waals surface area (Å²) in [5.74, 6) is 0.485. The van der Waals surface area contributed by atoms with Gasteiger partial charge in [-0.3, -0.25) is 4.99 Å². The predicted molar refractivity (Wildman–Crippen MR) is 60.4 cm³/mol. The van der Waals surface area contributed by atoms with Crippen molar-refractivity contribution in [1.29, 1.82) is 0 Å². The second-order valence-corrected chi connectivity index (χ2v) is 4.35. The van der Waals surface area contributed by atoms with Gasteiger partial charge in [-0.25, -0.2) is 0 Å². The van der Waals surface area contributed by atoms with Crippen LogP contribution in [0.1, 0.15) is 27.7 Å². The number of guanidine groups is 1. The molecule has 0 radical (unpaired) electrons. The van der Waals surface area contributed by atoms with Crippen LogP contribution in [0.3, 0.4) is 0 Å². The van der Waals surface area contributed by atoms with Gasteiger partial charge in [-0.05, 0) is 12.3 Å². The van der Waals surface area contributed by atoms with Gasteiger partial charge in [-0.2, -0.15) is 0 Å². The number of nitrogens with two attached hydrogens (primary N) is 1. The minimum atomic E-state index is 0.0880. The molecule has 3 N–H and O–H groups in total. The van der Waals surface area contributed by atoms with Gasteiger partial charge in [0.2, 0.25) is 0 Å². The fraction of sp³-hybridized carbons (Fsp3) is 0.900. The van der Waals surface area contributed by atoms with E-state index in [4.69, 9.17) is 10.5 Å². The van der Waals surface area contributed by atoms with Crippen LogP contribution in [0, 0.1) is 5.41 Å². The fourth-order valence-corrected chi connectivity index (χ4v) is 1.12. The zero-order valence-corrected chi connectivity index (χ0v) is 9.92. The second-order valence-electron chi connectivity index (χ2n) is 4.35. The van der Waals surface area contributed by atoms with Crippen LogP contribution in [0.25, 0.3) is 0 Å². The van der Waals surface area contributed by atoms with Gasteiger partial charge in [-0.1, -0.05) is 20.8 Å². The summed E-state index contributed by atoms with van der Waals surface area (Å²) in [7, 11) is 1.70. The van der Waals surface area contributed by atoms with E-state index in [-0.39, 0.29) is 11.5 Å². The molecule has 4 heteroatoms. The standard InChI is InChI=1S/C10H23N3O/c1-6-12-9(11)13-7-8(14-5)10(2,3)4/h8H,6-7H2,1-5H3,(H3,11,12,13). The van der Waals surface area contributed by atoms with E-state index in [9.17, 15) is 0 Å². The SMILES string of the molecule is CCNC(N)=NCC(OC)C(C)(C)C. The molecule has 0 aromatic heterocycles. The molecule has 1 unspecified atom stereocenters. The summed E-state index contributed by atoms with van der Waals surface area (Å²) < 4.78 is 5.35. The molecule has 0 aliphatic rings. The maximum Gasteiger partial charge on any atom is 0.188 e. The Morgan fingerprint density at radius 1 is 1.50 bits per heavy atom. The highest BCUT2D eigenvalue weighted by Gasteiger charge is 2.23. The quantitative estimate of drug-likeness (QED) is 0.526. The Morgan fingerprint density at radius 2 is 2.07 bits per heavy atom. The van der Waals surface area contributed by atoms with Gasteiger partial charge in [0.1, 0.15) is 0 Å². The third-order valence-corrected chi connectivity index (χ3v) is 2.04. The highest BCUT2D eigenvalue weighted by Crippen LogP contribution is 2.21. The lowest BCUT2D eigenvalue weighted by Gasteiger charge is -2.27. The summed E-state index contributed by atoms with van der Waals surface area (Å²) in [6.45, 7) is 9.75. The Labute approximate surface area is 86.9 Å². The highest BCUT2D eigenvalue weighted by molar-refractivity contribution is 5.77. The van der Waals surface area contributed by atoms with Crippen molar-refractivity contribution >= 4 is 5.96 Å². The van der Waals surface area contributed by atoms with Crippen molar-refractivity contribution in [3.8, 4) is 0 Å². The molecule has 0 rings (SSSR count). The van der Waals surface area contributed by atoms with Crippen LogP contribution in [0.2, 0.25) is 0 Å². The molecule has 1 atom stereocenters. The minimum absolute atomic E-state index is 0.0880. The first kappa shape index (κ1) is 13.2. The molecule has 84 valence electrons. The molecule has 0 heterocycles. The van der Waals surface area contributed by atoms with Crippen molar-refractivity contribution < 1.29 is 4.74 Å². The van der Waals surface area contributed by atoms with Crippen LogP contribution in [0.5, 0.6) is 0 Å². The summed E-state index contributed by atoms with van der Waals surface area (Å²) in [5, 5.41) is 2.95. The third-order valence-electron chi connectivity index (χ3n) is 2.04. The maximum absolute atomic E-state index is 5.61. The smallest absolute Gasteiger partial charge is 0.188 e. The largest absolute Gasteiger partial charge is 0.379 e. The van der Waals surface area contributed by atoms with E-state index in [2.05, 4.69) is 31.1 Å². The van der Waals surface area contributed by atoms with Gasteiger partial charge >= 0.3 is 0 Å². The predicted octanol–water partition coefficient (Wildman–Crippen LogP) is 0.972. The average molecular weight is 201 g/mol. The molecular weight excluding hydrogens is 178 g/mol. The zero-order chi connectivity index (χ0) is 11.2. The molecule has 0 aromatic carbocycles. The summed E-state index contributed by atoms with van der Waals surface area (Å²) >= 11 is 0. The minimum Gasteiger partial charge on any atom is -0.379 e. The molecule has 0 bridgehead atoms. The van der Waals surface area contributed by atoms with Gasteiger partial charge in [0, 0.05) is 13.7 Å². The van der Waals surface area contributed by atoms with Crippen LogP contribution in [-0.4, -0.2) is 32.3 Å². The molecule has 14 heavy (non-hydrogen) atoms. The normalized spacial score (nSPS) is 15.4. The molecule has 0 aliphatic heterocycles. The molecule has 0 spiro atoms. The lowest BCUT2D eigenvalue weighted by molar-refractivity contribution is 0.0241. The maximum atomic E-state index is 5.61. The Balaban J connectivity index is 4.14. The summed E-state index contributed by atoms with van der Waals surface area (Å²) in [6, 6.07) is 0. The Hall–Kier alpha value is -0.770. The van der Waals surface area contributed by atoms with E-state index in [0.717, 1.165) is 6.54 Å². The van der Waals surface area contributed by atoms with Crippen molar-refractivity contribution in [2.24, 2.45) is 16.1 Å². The van der Waals surface area contributed by atoms with Crippen molar-refractivity contribution in [1.82, 2.24) is 5.32 Å². The van der Waals surface area contributed by atoms with Gasteiger partial charge < -0.3 is 15.8 Å². The van der Waals surface area contributed by atoms with E-state index in [0.29, 0.717) is 12.5 Å². The first-order valence-corrected chi connectivity index (χ1v) is 4.98. The lowest BCUT2D eigenvalue weighted by atomic mass is 9.89. The van der Waals surface area contributed by atoms with Crippen molar-refractivity contribution in [3.63, 3.8) is 0 Å². The fourth-order valence-electron chi connectivity index (χ4n) is 1.12. The van der Waals surface area contributed by atoms with Gasteiger partial charge in [0.25, 0.3) is 0 Å². The first-order valence-electron chi connectivity index (χ1n) is 4.98. The first-order chi connectivity index (χ1) is 6.41. The average Bonchev–Trinajstić information content (AvgIpc) is 2.03. The number of ether oxygens (including phenoxy) is 1. The number of hydrogen-bond acceptors (Lipinski definition) is 2. The van der Waals surface area contributed by atoms with Crippen LogP contribution < -0.4 is 11.1 Å². The second kappa shape index (κ2) is 5.86. The number of hydrogen-bond donors (Lipinski definition) is 2. The summed E-state index contributed by atoms with van der Waals surface area (Å²) in [6.07, 6.45) is 0.0970. The van der Waals surface area contributed by atoms with Crippen LogP contribution in [0.4, 0.5) is 0 Å². The Morgan fingerprint density at radius 3 is 2.43 bits per heavy atom. The molecule has 0 aromatic rings. The van der Waals surface area contributed by atoms with Crippen molar-refractivity contribution in [2.75, 3.05) is 20.2 Å². The molecule has 0 aliphatic carbocycles. The number of methoxy groups -OCH3 is 1. The van der Waals surface area contributed by atoms with E-state index >= 15 is 0 Å². The van der Waals surface area contributed by atoms with E-state index in [1.807, 2.05) is 6.92 Å². The number of nitrogens with zero attached hydrogens (tertiary/aromatic N) is 1. The van der Waals surface area contributed by atoms with E-state index < -0.39 is 0 Å². The van der Waals surface area contributed by atoms with Gasteiger partial charge in [0.15, 0.2) is 5.96 Å². The number of nitrogens with one attached hydrogen (secondary N) is 1. The van der Waals surface area contributed by atoms with Crippen molar-refractivity contribution in [2.45, 2.75) is 33.8 Å². The van der Waals surface area contributed by atoms with Gasteiger partial charge in [0.05, 0.1) is 12.6 Å². The molecule has 0 saturated heterocycles. The van der Waals surface area contributed by atoms with Crippen LogP contribution in [0.15, 0.2) is 4.99 Å². The molecular formula is C10H23N3O. The van der Waals surface area contributed by atoms with Crippen molar-refractivity contribution in [3.05, 3.63) is 0 Å². The van der Waals surface area contributed by atoms with Crippen LogP contribution >= 0.6 is 0 Å². The zero-order valence-electron chi connectivity index (χ0n) is 9.92. The number of aliphatic imine (C=N–C) groups is 1. The molecule has 0 amide bonds. The highest BCUT2D eigenvalue weighted by atomic mass is 16.5. The topological polar surface area (TPSA) is 59.6 Å². The third kappa shape index (κ3) is 5.07. The van der Waals surface area contributed by atoms with E-state index in [1.165, 1.54) is 0 Å². The molecule has 0 fully saturated rings. The summed E-state index contributed by atoms with van der Waals surface area (Å²) in [4.78, 5) is 4.21. The van der Waals surface area contributed by atoms with Crippen LogP contribution in [-0.2, 0) is 4.74 Å². The van der Waals surface area contributed by atoms with E-state index in [1.54, 1.807) is 7.11 Å². The van der Waals surface area contributed by atoms with Gasteiger partial charge in [-0.15, -0.1) is 0 Å². The summed E-state index contributed by atoms with van der Waals surface area (Å²) in [5.41, 5.74) is 5.70. The lowest BCUT2D eigenvalue weighted by Crippen LogP contribution is -2.35. The Kier molecular flexibility index (Phi) is 5.53. The molecule has 4 nitrogen and oxygen atoms in total.